The molecule has 0 aliphatic rings. The largest absolute Gasteiger partial charge is 0.374 e. The van der Waals surface area contributed by atoms with E-state index < -0.39 is 0 Å². The van der Waals surface area contributed by atoms with E-state index in [1.165, 1.54) is 0 Å². The molecular weight excluding hydrogens is 296 g/mol. The number of hydrogen-bond donors (Lipinski definition) is 1. The Labute approximate surface area is 135 Å². The number of imidazole rings is 1. The van der Waals surface area contributed by atoms with Gasteiger partial charge in [0.2, 0.25) is 0 Å². The van der Waals surface area contributed by atoms with E-state index in [-0.39, 0.29) is 0 Å². The van der Waals surface area contributed by atoms with Crippen molar-refractivity contribution in [3.05, 3.63) is 52.9 Å². The summed E-state index contributed by atoms with van der Waals surface area (Å²) in [5, 5.41) is 0.735. The molecular formula is C17H19ClN4. The van der Waals surface area contributed by atoms with Crippen LogP contribution in [0.5, 0.6) is 0 Å². The summed E-state index contributed by atoms with van der Waals surface area (Å²) in [6.45, 7) is 2.46. The van der Waals surface area contributed by atoms with Crippen molar-refractivity contribution in [1.29, 1.82) is 0 Å². The molecule has 0 unspecified atom stereocenters. The molecule has 3 aromatic rings. The van der Waals surface area contributed by atoms with Crippen molar-refractivity contribution in [1.82, 2.24) is 9.38 Å². The Morgan fingerprint density at radius 3 is 2.68 bits per heavy atom. The minimum Gasteiger partial charge on any atom is -0.374 e. The summed E-state index contributed by atoms with van der Waals surface area (Å²) in [7, 11) is 4.01. The van der Waals surface area contributed by atoms with E-state index in [9.17, 15) is 0 Å². The minimum absolute atomic E-state index is 0.427. The molecule has 0 aliphatic heterocycles. The first-order chi connectivity index (χ1) is 10.5. The van der Waals surface area contributed by atoms with Crippen molar-refractivity contribution in [2.75, 3.05) is 19.0 Å². The second-order valence-corrected chi connectivity index (χ2v) is 6.02. The van der Waals surface area contributed by atoms with E-state index in [4.69, 9.17) is 17.3 Å². The molecule has 0 bridgehead atoms. The Bertz CT molecular complexity index is 836. The average Bonchev–Trinajstić information content (AvgIpc) is 2.92. The van der Waals surface area contributed by atoms with Gasteiger partial charge >= 0.3 is 0 Å². The minimum atomic E-state index is 0.427. The number of aryl methyl sites for hydroxylation is 1. The summed E-state index contributed by atoms with van der Waals surface area (Å²) in [6.07, 6.45) is 5.78. The van der Waals surface area contributed by atoms with E-state index in [1.807, 2.05) is 49.9 Å². The number of pyridine rings is 1. The van der Waals surface area contributed by atoms with Gasteiger partial charge in [0.15, 0.2) is 5.65 Å². The second-order valence-electron chi connectivity index (χ2n) is 5.61. The molecule has 0 amide bonds. The molecule has 22 heavy (non-hydrogen) atoms. The normalized spacial score (nSPS) is 11.1. The molecule has 2 heterocycles. The number of aromatic nitrogens is 2. The highest BCUT2D eigenvalue weighted by atomic mass is 35.5. The maximum absolute atomic E-state index is 6.47. The number of halogens is 1. The lowest BCUT2D eigenvalue weighted by Crippen LogP contribution is -2.16. The van der Waals surface area contributed by atoms with Gasteiger partial charge in [0.1, 0.15) is 0 Å². The molecule has 114 valence electrons. The number of nitrogens with two attached hydrogens (primary N) is 1. The first-order valence-electron chi connectivity index (χ1n) is 7.15. The third-order valence-corrected chi connectivity index (χ3v) is 4.14. The molecule has 4 nitrogen and oxygen atoms in total. The third kappa shape index (κ3) is 2.34. The number of fused-ring (bicyclic) bond motifs is 1. The zero-order valence-electron chi connectivity index (χ0n) is 13.0. The Kier molecular flexibility index (Phi) is 3.81. The summed E-state index contributed by atoms with van der Waals surface area (Å²) < 4.78 is 2.01. The highest BCUT2D eigenvalue weighted by Gasteiger charge is 2.18. The zero-order valence-corrected chi connectivity index (χ0v) is 13.7. The van der Waals surface area contributed by atoms with Crippen LogP contribution in [0.15, 0.2) is 36.8 Å². The number of nitrogens with zero attached hydrogens (tertiary/aromatic N) is 3. The molecule has 2 aromatic heterocycles. The molecule has 0 radical (unpaired) electrons. The molecule has 0 atom stereocenters. The monoisotopic (exact) mass is 314 g/mol. The van der Waals surface area contributed by atoms with Gasteiger partial charge in [0.05, 0.1) is 5.69 Å². The Morgan fingerprint density at radius 1 is 1.27 bits per heavy atom. The SMILES string of the molecule is Cc1ccc(-c2cn3ccnc3c(N(C)C)c2CN)c(Cl)c1. The fourth-order valence-electron chi connectivity index (χ4n) is 2.83. The van der Waals surface area contributed by atoms with Gasteiger partial charge in [-0.15, -0.1) is 0 Å². The summed E-state index contributed by atoms with van der Waals surface area (Å²) >= 11 is 6.47. The van der Waals surface area contributed by atoms with E-state index in [2.05, 4.69) is 16.0 Å². The first kappa shape index (κ1) is 14.9. The number of benzene rings is 1. The Morgan fingerprint density at radius 2 is 2.05 bits per heavy atom. The van der Waals surface area contributed by atoms with E-state index in [0.29, 0.717) is 6.54 Å². The van der Waals surface area contributed by atoms with Crippen molar-refractivity contribution in [3.63, 3.8) is 0 Å². The molecule has 0 saturated carbocycles. The van der Waals surface area contributed by atoms with Crippen molar-refractivity contribution in [2.24, 2.45) is 5.73 Å². The van der Waals surface area contributed by atoms with E-state index in [0.717, 1.165) is 38.6 Å². The second kappa shape index (κ2) is 5.63. The molecule has 0 spiro atoms. The molecule has 2 N–H and O–H groups in total. The van der Waals surface area contributed by atoms with Gasteiger partial charge in [-0.05, 0) is 18.6 Å². The van der Waals surface area contributed by atoms with Crippen LogP contribution >= 0.6 is 11.6 Å². The van der Waals surface area contributed by atoms with Crippen molar-refractivity contribution in [3.8, 4) is 11.1 Å². The number of anilines is 1. The number of hydrogen-bond acceptors (Lipinski definition) is 3. The van der Waals surface area contributed by atoms with Gasteiger partial charge in [0.25, 0.3) is 0 Å². The van der Waals surface area contributed by atoms with Gasteiger partial charge in [-0.1, -0.05) is 23.7 Å². The van der Waals surface area contributed by atoms with Crippen molar-refractivity contribution < 1.29 is 0 Å². The standard InChI is InChI=1S/C17H19ClN4/c1-11-4-5-12(15(18)8-11)14-10-22-7-6-20-17(22)16(21(2)3)13(14)9-19/h4-8,10H,9,19H2,1-3H3. The molecule has 0 fully saturated rings. The summed E-state index contributed by atoms with van der Waals surface area (Å²) in [4.78, 5) is 6.50. The van der Waals surface area contributed by atoms with Crippen LogP contribution in [0.4, 0.5) is 5.69 Å². The van der Waals surface area contributed by atoms with Crippen molar-refractivity contribution in [2.45, 2.75) is 13.5 Å². The maximum atomic E-state index is 6.47. The van der Waals surface area contributed by atoms with Crippen LogP contribution in [0.25, 0.3) is 16.8 Å². The van der Waals surface area contributed by atoms with Crippen LogP contribution in [0.3, 0.4) is 0 Å². The van der Waals surface area contributed by atoms with Gasteiger partial charge in [0, 0.05) is 60.9 Å². The van der Waals surface area contributed by atoms with Crippen LogP contribution in [-0.2, 0) is 6.54 Å². The predicted molar refractivity (Wildman–Crippen MR) is 92.6 cm³/mol. The smallest absolute Gasteiger partial charge is 0.160 e. The molecule has 0 saturated heterocycles. The lowest BCUT2D eigenvalue weighted by molar-refractivity contribution is 1.01. The zero-order chi connectivity index (χ0) is 15.9. The topological polar surface area (TPSA) is 46.6 Å². The lowest BCUT2D eigenvalue weighted by atomic mass is 9.99. The Hall–Kier alpha value is -2.04. The fraction of sp³-hybridized carbons (Fsp3) is 0.235. The van der Waals surface area contributed by atoms with Crippen LogP contribution < -0.4 is 10.6 Å². The van der Waals surface area contributed by atoms with Crippen molar-refractivity contribution >= 4 is 22.9 Å². The molecule has 5 heteroatoms. The summed E-state index contributed by atoms with van der Waals surface area (Å²) in [6, 6.07) is 6.09. The van der Waals surface area contributed by atoms with E-state index >= 15 is 0 Å². The quantitative estimate of drug-likeness (QED) is 0.805. The van der Waals surface area contributed by atoms with Crippen LogP contribution in [0.1, 0.15) is 11.1 Å². The lowest BCUT2D eigenvalue weighted by Gasteiger charge is -2.21. The first-order valence-corrected chi connectivity index (χ1v) is 7.53. The fourth-order valence-corrected chi connectivity index (χ4v) is 3.16. The van der Waals surface area contributed by atoms with Gasteiger partial charge in [-0.25, -0.2) is 4.98 Å². The summed E-state index contributed by atoms with van der Waals surface area (Å²) in [5.41, 5.74) is 12.2. The average molecular weight is 315 g/mol. The van der Waals surface area contributed by atoms with Gasteiger partial charge < -0.3 is 15.0 Å². The maximum Gasteiger partial charge on any atom is 0.160 e. The third-order valence-electron chi connectivity index (χ3n) is 3.83. The van der Waals surface area contributed by atoms with Gasteiger partial charge in [-0.3, -0.25) is 0 Å². The van der Waals surface area contributed by atoms with Crippen LogP contribution in [0, 0.1) is 6.92 Å². The molecule has 0 aliphatic carbocycles. The van der Waals surface area contributed by atoms with Crippen LogP contribution in [-0.4, -0.2) is 23.5 Å². The van der Waals surface area contributed by atoms with Crippen LogP contribution in [0.2, 0.25) is 5.02 Å². The highest BCUT2D eigenvalue weighted by Crippen LogP contribution is 2.36. The number of rotatable bonds is 3. The van der Waals surface area contributed by atoms with Gasteiger partial charge in [-0.2, -0.15) is 0 Å². The predicted octanol–water partition coefficient (Wildman–Crippen LogP) is 3.49. The summed E-state index contributed by atoms with van der Waals surface area (Å²) in [5.74, 6) is 0. The van der Waals surface area contributed by atoms with E-state index in [1.54, 1.807) is 6.20 Å². The molecule has 3 rings (SSSR count). The Balaban J connectivity index is 2.38. The molecule has 1 aromatic carbocycles. The highest BCUT2D eigenvalue weighted by molar-refractivity contribution is 6.33.